The molecule has 2 aliphatic rings. The molecule has 12 heteroatoms. The summed E-state index contributed by atoms with van der Waals surface area (Å²) in [5, 5.41) is 3.75. The van der Waals surface area contributed by atoms with Crippen molar-refractivity contribution < 1.29 is 18.0 Å². The molecule has 3 aromatic rings. The van der Waals surface area contributed by atoms with Gasteiger partial charge in [-0.25, -0.2) is 13.4 Å². The van der Waals surface area contributed by atoms with Gasteiger partial charge in [0.15, 0.2) is 0 Å². The molecule has 1 aromatic carbocycles. The first-order valence-electron chi connectivity index (χ1n) is 10.5. The molecule has 0 aliphatic carbocycles. The molecule has 0 radical (unpaired) electrons. The molecule has 2 aliphatic heterocycles. The van der Waals surface area contributed by atoms with Crippen LogP contribution in [0.4, 0.5) is 0 Å². The summed E-state index contributed by atoms with van der Waals surface area (Å²) in [6, 6.07) is 6.86. The zero-order valence-corrected chi connectivity index (χ0v) is 20.8. The van der Waals surface area contributed by atoms with E-state index in [0.29, 0.717) is 15.7 Å². The summed E-state index contributed by atoms with van der Waals surface area (Å²) in [5.41, 5.74) is 0.412. The second-order valence-corrected chi connectivity index (χ2v) is 12.7. The summed E-state index contributed by atoms with van der Waals surface area (Å²) in [5.74, 6) is -0.349. The van der Waals surface area contributed by atoms with E-state index in [-0.39, 0.29) is 42.2 Å². The summed E-state index contributed by atoms with van der Waals surface area (Å²) in [6.07, 6.45) is 2.03. The van der Waals surface area contributed by atoms with Crippen LogP contribution in [0.2, 0.25) is 5.02 Å². The van der Waals surface area contributed by atoms with E-state index < -0.39 is 10.0 Å². The maximum atomic E-state index is 13.1. The van der Waals surface area contributed by atoms with Crippen LogP contribution in [0.5, 0.6) is 0 Å². The molecule has 0 saturated carbocycles. The second kappa shape index (κ2) is 8.95. The third-order valence-electron chi connectivity index (χ3n) is 5.83. The number of likely N-dealkylation sites (tertiary alicyclic amines) is 1. The summed E-state index contributed by atoms with van der Waals surface area (Å²) in [7, 11) is -3.78. The van der Waals surface area contributed by atoms with Gasteiger partial charge in [-0.2, -0.15) is 4.31 Å². The lowest BCUT2D eigenvalue weighted by Gasteiger charge is -2.32. The Bertz CT molecular complexity index is 1330. The van der Waals surface area contributed by atoms with Crippen LogP contribution in [-0.4, -0.2) is 72.0 Å². The fraction of sp³-hybridized carbons (Fsp3) is 0.381. The van der Waals surface area contributed by atoms with Crippen molar-refractivity contribution in [2.45, 2.75) is 23.6 Å². The zero-order chi connectivity index (χ0) is 23.2. The molecule has 5 rings (SSSR count). The molecular weight excluding hydrogens is 504 g/mol. The van der Waals surface area contributed by atoms with E-state index in [1.54, 1.807) is 39.4 Å². The van der Waals surface area contributed by atoms with Gasteiger partial charge in [-0.15, -0.1) is 22.7 Å². The van der Waals surface area contributed by atoms with Crippen LogP contribution in [0, 0.1) is 0 Å². The quantitative estimate of drug-likeness (QED) is 0.511. The number of nitrogens with zero attached hydrogens (tertiary/aromatic N) is 4. The number of thiophene rings is 1. The third-order valence-corrected chi connectivity index (χ3v) is 10.3. The van der Waals surface area contributed by atoms with Gasteiger partial charge in [0.25, 0.3) is 15.9 Å². The van der Waals surface area contributed by atoms with E-state index in [9.17, 15) is 18.0 Å². The fourth-order valence-electron chi connectivity index (χ4n) is 4.02. The first-order valence-corrected chi connectivity index (χ1v) is 14.0. The van der Waals surface area contributed by atoms with Gasteiger partial charge in [-0.05, 0) is 36.4 Å². The number of hydrogen-bond donors (Lipinski definition) is 0. The van der Waals surface area contributed by atoms with Crippen molar-refractivity contribution in [2.75, 3.05) is 32.7 Å². The molecule has 0 bridgehead atoms. The minimum atomic E-state index is -3.78. The van der Waals surface area contributed by atoms with Crippen molar-refractivity contribution in [1.29, 1.82) is 0 Å². The van der Waals surface area contributed by atoms with Crippen LogP contribution in [0.1, 0.15) is 28.3 Å². The molecule has 8 nitrogen and oxygen atoms in total. The SMILES string of the molecule is O=C1CN(S(=O)(=O)c2cc3ccc(Cl)cc3s2)CCN1Cc1nc(C(=O)N2CCCC2)cs1. The Balaban J connectivity index is 1.25. The maximum Gasteiger partial charge on any atom is 0.273 e. The van der Waals surface area contributed by atoms with E-state index >= 15 is 0 Å². The van der Waals surface area contributed by atoms with Gasteiger partial charge in [0.05, 0.1) is 13.1 Å². The van der Waals surface area contributed by atoms with Crippen molar-refractivity contribution >= 4 is 66.2 Å². The zero-order valence-electron chi connectivity index (χ0n) is 17.6. The molecular formula is C21H21ClN4O4S3. The van der Waals surface area contributed by atoms with Crippen molar-refractivity contribution in [2.24, 2.45) is 0 Å². The fourth-order valence-corrected chi connectivity index (χ4v) is 8.01. The summed E-state index contributed by atoms with van der Waals surface area (Å²) >= 11 is 8.51. The number of sulfonamides is 1. The monoisotopic (exact) mass is 524 g/mol. The van der Waals surface area contributed by atoms with Crippen LogP contribution >= 0.6 is 34.3 Å². The van der Waals surface area contributed by atoms with E-state index in [2.05, 4.69) is 4.98 Å². The number of carbonyl (C=O) groups excluding carboxylic acids is 2. The number of halogens is 1. The lowest BCUT2D eigenvalue weighted by Crippen LogP contribution is -2.51. The number of benzene rings is 1. The van der Waals surface area contributed by atoms with Crippen molar-refractivity contribution in [1.82, 2.24) is 19.1 Å². The average Bonchev–Trinajstić information content (AvgIpc) is 3.55. The molecule has 174 valence electrons. The first-order chi connectivity index (χ1) is 15.8. The van der Waals surface area contributed by atoms with Crippen LogP contribution < -0.4 is 0 Å². The molecule has 0 atom stereocenters. The van der Waals surface area contributed by atoms with Gasteiger partial charge in [-0.1, -0.05) is 17.7 Å². The lowest BCUT2D eigenvalue weighted by atomic mass is 10.3. The van der Waals surface area contributed by atoms with Crippen LogP contribution in [-0.2, 0) is 21.4 Å². The first kappa shape index (κ1) is 22.7. The van der Waals surface area contributed by atoms with E-state index in [1.807, 2.05) is 0 Å². The summed E-state index contributed by atoms with van der Waals surface area (Å²) in [4.78, 5) is 33.1. The molecule has 0 spiro atoms. The number of carbonyl (C=O) groups is 2. The van der Waals surface area contributed by atoms with Crippen LogP contribution in [0.15, 0.2) is 33.9 Å². The summed E-state index contributed by atoms with van der Waals surface area (Å²) in [6.45, 7) is 2.03. The number of amides is 2. The number of rotatable bonds is 5. The Hall–Kier alpha value is -2.05. The standard InChI is InChI=1S/C21H21ClN4O4S3/c22-15-4-3-14-9-20(32-17(14)10-15)33(29,30)26-8-7-25(19(27)12-26)11-18-23-16(13-31-18)21(28)24-5-1-2-6-24/h3-4,9-10,13H,1-2,5-8,11-12H2. The van der Waals surface area contributed by atoms with Crippen molar-refractivity contribution in [3.63, 3.8) is 0 Å². The predicted octanol–water partition coefficient (Wildman–Crippen LogP) is 3.28. The van der Waals surface area contributed by atoms with Gasteiger partial charge in [0.2, 0.25) is 5.91 Å². The lowest BCUT2D eigenvalue weighted by molar-refractivity contribution is -0.134. The topological polar surface area (TPSA) is 90.9 Å². The molecule has 33 heavy (non-hydrogen) atoms. The highest BCUT2D eigenvalue weighted by Gasteiger charge is 2.34. The molecule has 0 N–H and O–H groups in total. The average molecular weight is 525 g/mol. The minimum Gasteiger partial charge on any atom is -0.337 e. The normalized spacial score (nSPS) is 17.9. The Morgan fingerprint density at radius 3 is 2.67 bits per heavy atom. The van der Waals surface area contributed by atoms with Crippen LogP contribution in [0.25, 0.3) is 10.1 Å². The maximum absolute atomic E-state index is 13.1. The molecule has 2 aromatic heterocycles. The van der Waals surface area contributed by atoms with E-state index in [4.69, 9.17) is 11.6 Å². The highest BCUT2D eigenvalue weighted by atomic mass is 35.5. The van der Waals surface area contributed by atoms with Gasteiger partial charge in [0, 0.05) is 41.3 Å². The molecule has 2 fully saturated rings. The number of piperazine rings is 1. The number of aromatic nitrogens is 1. The van der Waals surface area contributed by atoms with Gasteiger partial charge in [0.1, 0.15) is 14.9 Å². The summed E-state index contributed by atoms with van der Waals surface area (Å²) < 4.78 is 28.5. The number of hydrogen-bond acceptors (Lipinski definition) is 7. The number of thiazole rings is 1. The second-order valence-electron chi connectivity index (χ2n) is 8.03. The Morgan fingerprint density at radius 1 is 1.12 bits per heavy atom. The van der Waals surface area contributed by atoms with Gasteiger partial charge in [-0.3, -0.25) is 9.59 Å². The Kier molecular flexibility index (Phi) is 6.17. The van der Waals surface area contributed by atoms with E-state index in [1.165, 1.54) is 15.6 Å². The highest BCUT2D eigenvalue weighted by Crippen LogP contribution is 2.33. The smallest absolute Gasteiger partial charge is 0.273 e. The van der Waals surface area contributed by atoms with Crippen molar-refractivity contribution in [3.8, 4) is 0 Å². The molecule has 2 saturated heterocycles. The third kappa shape index (κ3) is 4.52. The van der Waals surface area contributed by atoms with Gasteiger partial charge >= 0.3 is 0 Å². The molecule has 2 amide bonds. The number of fused-ring (bicyclic) bond motifs is 1. The molecule has 4 heterocycles. The predicted molar refractivity (Wildman–Crippen MR) is 128 cm³/mol. The van der Waals surface area contributed by atoms with Crippen LogP contribution in [0.3, 0.4) is 0 Å². The molecule has 0 unspecified atom stereocenters. The Labute approximate surface area is 204 Å². The Morgan fingerprint density at radius 2 is 1.91 bits per heavy atom. The largest absolute Gasteiger partial charge is 0.337 e. The minimum absolute atomic E-state index is 0.0677. The van der Waals surface area contributed by atoms with E-state index in [0.717, 1.165) is 47.4 Å². The van der Waals surface area contributed by atoms with Crippen molar-refractivity contribution in [3.05, 3.63) is 45.4 Å². The van der Waals surface area contributed by atoms with Gasteiger partial charge < -0.3 is 9.80 Å². The highest BCUT2D eigenvalue weighted by molar-refractivity contribution is 7.91.